The van der Waals surface area contributed by atoms with Crippen LogP contribution in [0.5, 0.6) is 0 Å². The van der Waals surface area contributed by atoms with Gasteiger partial charge in [-0.05, 0) is 86.5 Å². The number of benzene rings is 1. The normalized spacial score (nSPS) is 17.4. The molecule has 190 valence electrons. The molecule has 0 heterocycles. The van der Waals surface area contributed by atoms with Gasteiger partial charge in [0.2, 0.25) is 0 Å². The van der Waals surface area contributed by atoms with E-state index in [1.807, 2.05) is 0 Å². The van der Waals surface area contributed by atoms with Gasteiger partial charge in [0.25, 0.3) is 0 Å². The van der Waals surface area contributed by atoms with Gasteiger partial charge in [-0.15, -0.1) is 0 Å². The van der Waals surface area contributed by atoms with Crippen molar-refractivity contribution in [1.29, 1.82) is 0 Å². The second kappa shape index (κ2) is 14.0. The van der Waals surface area contributed by atoms with E-state index in [0.29, 0.717) is 12.2 Å². The number of rotatable bonds is 15. The summed E-state index contributed by atoms with van der Waals surface area (Å²) in [5, 5.41) is 0. The van der Waals surface area contributed by atoms with E-state index in [4.69, 9.17) is 0 Å². The van der Waals surface area contributed by atoms with Crippen molar-refractivity contribution in [2.24, 2.45) is 17.8 Å². The Morgan fingerprint density at radius 1 is 1.00 bits per heavy atom. The predicted molar refractivity (Wildman–Crippen MR) is 142 cm³/mol. The second-order valence-electron chi connectivity index (χ2n) is 10.7. The summed E-state index contributed by atoms with van der Waals surface area (Å²) in [5.74, 6) is 0.818. The number of hydrogen-bond acceptors (Lipinski definition) is 3. The van der Waals surface area contributed by atoms with Crippen LogP contribution in [-0.2, 0) is 28.9 Å². The summed E-state index contributed by atoms with van der Waals surface area (Å²) in [6.07, 6.45) is 12.2. The zero-order valence-corrected chi connectivity index (χ0v) is 22.7. The van der Waals surface area contributed by atoms with E-state index < -0.39 is 0 Å². The quantitative estimate of drug-likeness (QED) is 0.195. The number of carbonyl (C=O) groups excluding carboxylic acids is 3. The van der Waals surface area contributed by atoms with Crippen LogP contribution in [-0.4, -0.2) is 17.3 Å². The molecule has 0 aromatic heterocycles. The Bertz CT molecular complexity index is 851. The predicted octanol–water partition coefficient (Wildman–Crippen LogP) is 7.81. The molecule has 1 aromatic rings. The molecule has 0 saturated heterocycles. The Kier molecular flexibility index (Phi) is 11.7. The summed E-state index contributed by atoms with van der Waals surface area (Å²) in [4.78, 5) is 37.9. The maximum atomic E-state index is 13.5. The Morgan fingerprint density at radius 2 is 1.74 bits per heavy atom. The maximum absolute atomic E-state index is 13.5. The first-order valence-corrected chi connectivity index (χ1v) is 14.0. The van der Waals surface area contributed by atoms with Crippen molar-refractivity contribution in [3.05, 3.63) is 33.9 Å². The van der Waals surface area contributed by atoms with Crippen molar-refractivity contribution in [3.8, 4) is 0 Å². The molecule has 0 radical (unpaired) electrons. The maximum Gasteiger partial charge on any atom is 0.163 e. The fraction of sp³-hybridized carbons (Fsp3) is 0.710. The van der Waals surface area contributed by atoms with E-state index in [9.17, 15) is 14.4 Å². The van der Waals surface area contributed by atoms with Crippen LogP contribution in [0.2, 0.25) is 0 Å². The third kappa shape index (κ3) is 7.36. The number of aryl methyl sites for hydroxylation is 2. The van der Waals surface area contributed by atoms with E-state index in [2.05, 4.69) is 40.7 Å². The van der Waals surface area contributed by atoms with Crippen molar-refractivity contribution in [3.63, 3.8) is 0 Å². The van der Waals surface area contributed by atoms with Gasteiger partial charge in [0.1, 0.15) is 11.6 Å². The highest BCUT2D eigenvalue weighted by atomic mass is 16.1. The fourth-order valence-corrected chi connectivity index (χ4v) is 6.27. The van der Waals surface area contributed by atoms with Gasteiger partial charge in [-0.25, -0.2) is 0 Å². The van der Waals surface area contributed by atoms with Crippen molar-refractivity contribution in [1.82, 2.24) is 0 Å². The largest absolute Gasteiger partial charge is 0.300 e. The lowest BCUT2D eigenvalue weighted by molar-refractivity contribution is -0.129. The molecule has 0 aliphatic heterocycles. The third-order valence-corrected chi connectivity index (χ3v) is 7.96. The Balaban J connectivity index is 2.31. The Labute approximate surface area is 208 Å². The number of unbranched alkanes of at least 4 members (excludes halogenated alkanes) is 3. The first kappa shape index (κ1) is 28.5. The average Bonchev–Trinajstić information content (AvgIpc) is 2.77. The highest BCUT2D eigenvalue weighted by Gasteiger charge is 2.34. The lowest BCUT2D eigenvalue weighted by atomic mass is 9.70. The minimum atomic E-state index is -0.0712. The van der Waals surface area contributed by atoms with Crippen LogP contribution in [0.25, 0.3) is 0 Å². The summed E-state index contributed by atoms with van der Waals surface area (Å²) < 4.78 is 0. The third-order valence-electron chi connectivity index (χ3n) is 7.96. The lowest BCUT2D eigenvalue weighted by Gasteiger charge is -2.33. The van der Waals surface area contributed by atoms with Crippen LogP contribution >= 0.6 is 0 Å². The number of ketones is 3. The molecule has 3 nitrogen and oxygen atoms in total. The van der Waals surface area contributed by atoms with Crippen molar-refractivity contribution in [2.45, 2.75) is 125 Å². The van der Waals surface area contributed by atoms with Crippen molar-refractivity contribution < 1.29 is 14.4 Å². The number of hydrogen-bond donors (Lipinski definition) is 0. The van der Waals surface area contributed by atoms with Crippen LogP contribution < -0.4 is 0 Å². The molecule has 2 rings (SSSR count). The molecule has 3 unspecified atom stereocenters. The zero-order valence-electron chi connectivity index (χ0n) is 22.7. The van der Waals surface area contributed by atoms with E-state index >= 15 is 0 Å². The highest BCUT2D eigenvalue weighted by molar-refractivity contribution is 6.01. The first-order valence-electron chi connectivity index (χ1n) is 14.0. The molecule has 3 heteroatoms. The monoisotopic (exact) mass is 468 g/mol. The molecule has 0 N–H and O–H groups in total. The molecule has 0 saturated carbocycles. The average molecular weight is 469 g/mol. The molecular weight excluding hydrogens is 420 g/mol. The van der Waals surface area contributed by atoms with Crippen molar-refractivity contribution in [2.75, 3.05) is 0 Å². The van der Waals surface area contributed by atoms with Gasteiger partial charge in [0.05, 0.1) is 6.42 Å². The summed E-state index contributed by atoms with van der Waals surface area (Å²) >= 11 is 0. The van der Waals surface area contributed by atoms with E-state index in [1.54, 1.807) is 0 Å². The number of carbonyl (C=O) groups is 3. The van der Waals surface area contributed by atoms with Gasteiger partial charge in [-0.2, -0.15) is 0 Å². The summed E-state index contributed by atoms with van der Waals surface area (Å²) in [6, 6.07) is 2.38. The molecule has 0 amide bonds. The van der Waals surface area contributed by atoms with Gasteiger partial charge >= 0.3 is 0 Å². The molecule has 0 fully saturated rings. The van der Waals surface area contributed by atoms with E-state index in [0.717, 1.165) is 50.5 Å². The van der Waals surface area contributed by atoms with Gasteiger partial charge in [0, 0.05) is 17.9 Å². The van der Waals surface area contributed by atoms with Gasteiger partial charge in [-0.1, -0.05) is 65.9 Å². The summed E-state index contributed by atoms with van der Waals surface area (Å²) in [5.41, 5.74) is 6.20. The van der Waals surface area contributed by atoms with Crippen LogP contribution in [0, 0.1) is 24.7 Å². The number of Topliss-reactive ketones (excluding diaryl/α,β-unsaturated/α-hetero) is 3. The van der Waals surface area contributed by atoms with E-state index in [1.165, 1.54) is 54.9 Å². The first-order chi connectivity index (χ1) is 16.3. The van der Waals surface area contributed by atoms with E-state index in [-0.39, 0.29) is 35.7 Å². The number of fused-ring (bicyclic) bond motifs is 1. The zero-order chi connectivity index (χ0) is 25.3. The molecular formula is C31H48O3. The van der Waals surface area contributed by atoms with Gasteiger partial charge < -0.3 is 0 Å². The van der Waals surface area contributed by atoms with Crippen LogP contribution in [0.15, 0.2) is 6.07 Å². The van der Waals surface area contributed by atoms with Crippen LogP contribution in [0.3, 0.4) is 0 Å². The molecule has 0 bridgehead atoms. The van der Waals surface area contributed by atoms with Gasteiger partial charge in [-0.3, -0.25) is 14.4 Å². The SMILES string of the molecule is CCCCCCc1cc(CC)c(C)c2c1CC(CC(CCC)C(CC)C(=O)CC(C)=O)CC2=O. The molecule has 34 heavy (non-hydrogen) atoms. The second-order valence-corrected chi connectivity index (χ2v) is 10.7. The standard InChI is InChI=1S/C31H48O3/c1-7-11-12-13-15-26-20-24(9-3)22(6)31-28(26)18-23(19-30(31)34)17-25(14-8-2)27(10-4)29(33)16-21(5)32/h20,23,25,27H,7-19H2,1-6H3. The summed E-state index contributed by atoms with van der Waals surface area (Å²) in [6.45, 7) is 12.3. The highest BCUT2D eigenvalue weighted by Crippen LogP contribution is 2.38. The minimum Gasteiger partial charge on any atom is -0.300 e. The Hall–Kier alpha value is -1.77. The molecule has 1 aromatic carbocycles. The summed E-state index contributed by atoms with van der Waals surface area (Å²) in [7, 11) is 0. The Morgan fingerprint density at radius 3 is 2.32 bits per heavy atom. The smallest absolute Gasteiger partial charge is 0.163 e. The van der Waals surface area contributed by atoms with Crippen LogP contribution in [0.4, 0.5) is 0 Å². The molecule has 3 atom stereocenters. The topological polar surface area (TPSA) is 51.2 Å². The van der Waals surface area contributed by atoms with Gasteiger partial charge in [0.15, 0.2) is 5.78 Å². The lowest BCUT2D eigenvalue weighted by Crippen LogP contribution is -2.30. The molecule has 0 spiro atoms. The fourth-order valence-electron chi connectivity index (χ4n) is 6.27. The minimum absolute atomic E-state index is 0.0459. The molecule has 1 aliphatic carbocycles. The van der Waals surface area contributed by atoms with Crippen LogP contribution in [0.1, 0.15) is 131 Å². The van der Waals surface area contributed by atoms with Crippen molar-refractivity contribution >= 4 is 17.3 Å². The molecule has 1 aliphatic rings.